The van der Waals surface area contributed by atoms with Crippen LogP contribution in [0.4, 0.5) is 0 Å². The highest BCUT2D eigenvalue weighted by Crippen LogP contribution is 2.12. The first-order valence-electron chi connectivity index (χ1n) is 5.83. The van der Waals surface area contributed by atoms with Crippen molar-refractivity contribution in [1.82, 2.24) is 9.80 Å². The molecule has 0 aromatic heterocycles. The molecule has 0 rings (SSSR count). The van der Waals surface area contributed by atoms with E-state index < -0.39 is 42.9 Å². The van der Waals surface area contributed by atoms with E-state index in [1.165, 1.54) is 0 Å². The molecule has 0 bridgehead atoms. The summed E-state index contributed by atoms with van der Waals surface area (Å²) in [6.07, 6.45) is -1.29. The van der Waals surface area contributed by atoms with Crippen LogP contribution in [0.2, 0.25) is 0 Å². The van der Waals surface area contributed by atoms with Crippen LogP contribution in [-0.4, -0.2) is 79.9 Å². The molecule has 0 saturated heterocycles. The maximum atomic E-state index is 10.6. The molecule has 0 aliphatic carbocycles. The summed E-state index contributed by atoms with van der Waals surface area (Å²) in [5.74, 6) is -3.39. The third-order valence-corrected chi connectivity index (χ3v) is 2.39. The van der Waals surface area contributed by atoms with Gasteiger partial charge >= 0.3 is 11.9 Å². The first-order valence-corrected chi connectivity index (χ1v) is 5.83. The van der Waals surface area contributed by atoms with Gasteiger partial charge in [-0.1, -0.05) is 0 Å². The van der Waals surface area contributed by atoms with Gasteiger partial charge in [-0.2, -0.15) is 0 Å². The third kappa shape index (κ3) is 7.44. The van der Waals surface area contributed by atoms with Gasteiger partial charge in [-0.3, -0.25) is 19.4 Å². The van der Waals surface area contributed by atoms with E-state index in [0.717, 1.165) is 9.80 Å². The number of aliphatic carboxylic acids is 2. The zero-order chi connectivity index (χ0) is 17.3. The van der Waals surface area contributed by atoms with E-state index in [9.17, 15) is 14.7 Å². The van der Waals surface area contributed by atoms with Crippen LogP contribution in [0.15, 0.2) is 24.9 Å². The van der Waals surface area contributed by atoms with Crippen LogP contribution in [0.25, 0.3) is 0 Å². The normalized spacial score (nSPS) is 11.6. The molecule has 0 amide bonds. The summed E-state index contributed by atoms with van der Waals surface area (Å²) in [5, 5.41) is 44.3. The number of aliphatic hydroxyl groups excluding tert-OH is 1. The molecule has 126 valence electrons. The molecule has 1 atom stereocenters. The van der Waals surface area contributed by atoms with E-state index >= 15 is 0 Å². The molecular weight excluding hydrogens is 304 g/mol. The third-order valence-electron chi connectivity index (χ3n) is 2.39. The van der Waals surface area contributed by atoms with Gasteiger partial charge in [0.25, 0.3) is 0 Å². The van der Waals surface area contributed by atoms with Crippen LogP contribution < -0.4 is 0 Å². The molecule has 0 spiro atoms. The molecule has 0 fully saturated rings. The van der Waals surface area contributed by atoms with E-state index in [1.54, 1.807) is 0 Å². The van der Waals surface area contributed by atoms with E-state index in [1.807, 2.05) is 0 Å². The maximum Gasteiger partial charge on any atom is 0.317 e. The van der Waals surface area contributed by atoms with Crippen molar-refractivity contribution >= 4 is 11.9 Å². The zero-order valence-corrected chi connectivity index (χ0v) is 11.6. The Bertz CT molecular complexity index is 394. The number of carboxylic acids is 2. The summed E-state index contributed by atoms with van der Waals surface area (Å²) >= 11 is 0. The Hall–Kier alpha value is -2.34. The number of nitrogens with zero attached hydrogens (tertiary/aromatic N) is 2. The topological polar surface area (TPSA) is 160 Å². The van der Waals surface area contributed by atoms with Crippen molar-refractivity contribution in [3.63, 3.8) is 0 Å². The summed E-state index contributed by atoms with van der Waals surface area (Å²) in [6.45, 7) is 4.63. The summed E-state index contributed by atoms with van der Waals surface area (Å²) in [6, 6.07) is 0. The molecule has 11 heteroatoms. The Labute approximate surface area is 125 Å². The SMILES string of the molecule is C=C(OO)N(CC(O)CN(CC(=O)O)CC(=O)O)C(=C)OO. The summed E-state index contributed by atoms with van der Waals surface area (Å²) < 4.78 is 0. The molecule has 22 heavy (non-hydrogen) atoms. The lowest BCUT2D eigenvalue weighted by Gasteiger charge is -2.28. The number of carbonyl (C=O) groups is 2. The van der Waals surface area contributed by atoms with Gasteiger partial charge in [0.1, 0.15) is 0 Å². The van der Waals surface area contributed by atoms with Gasteiger partial charge in [-0.05, 0) is 13.2 Å². The van der Waals surface area contributed by atoms with Crippen LogP contribution in [0, 0.1) is 0 Å². The van der Waals surface area contributed by atoms with Gasteiger partial charge in [-0.25, -0.2) is 10.5 Å². The lowest BCUT2D eigenvalue weighted by molar-refractivity contribution is -0.253. The second-order valence-electron chi connectivity index (χ2n) is 4.19. The fraction of sp³-hybridized carbons (Fsp3) is 0.455. The van der Waals surface area contributed by atoms with E-state index in [4.69, 9.17) is 20.7 Å². The minimum absolute atomic E-state index is 0.327. The lowest BCUT2D eigenvalue weighted by Crippen LogP contribution is -2.43. The molecule has 0 heterocycles. The highest BCUT2D eigenvalue weighted by Gasteiger charge is 2.23. The molecule has 1 unspecified atom stereocenters. The summed E-state index contributed by atoms with van der Waals surface area (Å²) in [5.41, 5.74) is 0. The van der Waals surface area contributed by atoms with Crippen LogP contribution in [0.1, 0.15) is 0 Å². The molecule has 0 aliphatic heterocycles. The number of aliphatic hydroxyl groups is 1. The molecule has 0 aromatic carbocycles. The highest BCUT2D eigenvalue weighted by atomic mass is 17.1. The Morgan fingerprint density at radius 3 is 1.68 bits per heavy atom. The van der Waals surface area contributed by atoms with E-state index in [-0.39, 0.29) is 13.1 Å². The maximum absolute atomic E-state index is 10.6. The second kappa shape index (κ2) is 9.57. The van der Waals surface area contributed by atoms with Gasteiger partial charge in [0, 0.05) is 6.54 Å². The number of carboxylic acid groups (broad SMARTS) is 2. The predicted molar refractivity (Wildman–Crippen MR) is 70.1 cm³/mol. The van der Waals surface area contributed by atoms with Gasteiger partial charge in [0.2, 0.25) is 11.8 Å². The minimum atomic E-state index is -1.29. The quantitative estimate of drug-likeness (QED) is 0.171. The van der Waals surface area contributed by atoms with Crippen molar-refractivity contribution in [2.75, 3.05) is 26.2 Å². The summed E-state index contributed by atoms with van der Waals surface area (Å²) in [4.78, 5) is 30.8. The Morgan fingerprint density at radius 1 is 0.955 bits per heavy atom. The fourth-order valence-electron chi connectivity index (χ4n) is 1.58. The van der Waals surface area contributed by atoms with Crippen molar-refractivity contribution in [3.8, 4) is 0 Å². The van der Waals surface area contributed by atoms with Crippen molar-refractivity contribution in [1.29, 1.82) is 0 Å². The number of hydrogen-bond donors (Lipinski definition) is 5. The van der Waals surface area contributed by atoms with Crippen molar-refractivity contribution in [2.24, 2.45) is 0 Å². The van der Waals surface area contributed by atoms with E-state index in [2.05, 4.69) is 22.9 Å². The summed E-state index contributed by atoms with van der Waals surface area (Å²) in [7, 11) is 0. The van der Waals surface area contributed by atoms with Gasteiger partial charge in [-0.15, -0.1) is 0 Å². The van der Waals surface area contributed by atoms with Crippen LogP contribution >= 0.6 is 0 Å². The number of rotatable bonds is 12. The highest BCUT2D eigenvalue weighted by molar-refractivity contribution is 5.72. The monoisotopic (exact) mass is 322 g/mol. The molecule has 11 nitrogen and oxygen atoms in total. The minimum Gasteiger partial charge on any atom is -0.480 e. The molecule has 0 radical (unpaired) electrons. The Balaban J connectivity index is 4.78. The van der Waals surface area contributed by atoms with Gasteiger partial charge in [0.15, 0.2) is 0 Å². The molecule has 5 N–H and O–H groups in total. The van der Waals surface area contributed by atoms with Crippen LogP contribution in [0.3, 0.4) is 0 Å². The van der Waals surface area contributed by atoms with Crippen molar-refractivity contribution in [3.05, 3.63) is 24.9 Å². The first-order chi connectivity index (χ1) is 10.2. The van der Waals surface area contributed by atoms with Gasteiger partial charge in [0.05, 0.1) is 25.7 Å². The molecule has 0 aromatic rings. The number of hydrogen-bond acceptors (Lipinski definition) is 9. The van der Waals surface area contributed by atoms with Crippen molar-refractivity contribution in [2.45, 2.75) is 6.10 Å². The van der Waals surface area contributed by atoms with E-state index in [0.29, 0.717) is 0 Å². The molecular formula is C11H18N2O9. The van der Waals surface area contributed by atoms with Gasteiger partial charge < -0.3 is 25.1 Å². The average Bonchev–Trinajstić information content (AvgIpc) is 2.41. The molecule has 0 aliphatic rings. The Kier molecular flexibility index (Phi) is 8.55. The Morgan fingerprint density at radius 2 is 1.36 bits per heavy atom. The zero-order valence-electron chi connectivity index (χ0n) is 11.6. The fourth-order valence-corrected chi connectivity index (χ4v) is 1.58. The first kappa shape index (κ1) is 19.7. The smallest absolute Gasteiger partial charge is 0.317 e. The molecule has 0 saturated carbocycles. The van der Waals surface area contributed by atoms with Crippen LogP contribution in [0.5, 0.6) is 0 Å². The largest absolute Gasteiger partial charge is 0.480 e. The van der Waals surface area contributed by atoms with Crippen molar-refractivity contribution < 1.29 is 45.2 Å². The second-order valence-corrected chi connectivity index (χ2v) is 4.19. The average molecular weight is 322 g/mol. The lowest BCUT2D eigenvalue weighted by atomic mass is 10.3. The predicted octanol–water partition coefficient (Wildman–Crippen LogP) is -0.958. The standard InChI is InChI=1S/C11H18N2O9/c1-7(21-19)13(8(2)22-20)4-9(14)3-12(5-10(15)16)6-11(17)18/h9,14,19-20H,1-6H2,(H,15,16)(H,17,18). The van der Waals surface area contributed by atoms with Crippen LogP contribution in [-0.2, 0) is 19.4 Å².